The van der Waals surface area contributed by atoms with Crippen LogP contribution in [0.1, 0.15) is 12.5 Å². The van der Waals surface area contributed by atoms with Crippen molar-refractivity contribution >= 4 is 10.9 Å². The van der Waals surface area contributed by atoms with Crippen molar-refractivity contribution in [3.63, 3.8) is 0 Å². The van der Waals surface area contributed by atoms with Crippen LogP contribution in [0.25, 0.3) is 10.9 Å². The van der Waals surface area contributed by atoms with Crippen LogP contribution in [0.5, 0.6) is 0 Å². The molecule has 3 heteroatoms. The number of hydrogen-bond donors (Lipinski definition) is 1. The zero-order valence-electron chi connectivity index (χ0n) is 10.4. The molecule has 2 rings (SSSR count). The Labute approximate surface area is 102 Å². The minimum Gasteiger partial charge on any atom is -0.380 e. The van der Waals surface area contributed by atoms with Crippen molar-refractivity contribution in [3.05, 3.63) is 36.0 Å². The van der Waals surface area contributed by atoms with Crippen LogP contribution >= 0.6 is 0 Å². The number of nitrogens with two attached hydrogens (primary N) is 1. The number of rotatable bonds is 6. The third kappa shape index (κ3) is 2.68. The van der Waals surface area contributed by atoms with Crippen molar-refractivity contribution in [1.29, 1.82) is 0 Å². The van der Waals surface area contributed by atoms with Gasteiger partial charge in [-0.3, -0.25) is 0 Å². The van der Waals surface area contributed by atoms with E-state index in [0.717, 1.165) is 26.2 Å². The topological polar surface area (TPSA) is 40.2 Å². The lowest BCUT2D eigenvalue weighted by Gasteiger charge is -2.04. The van der Waals surface area contributed by atoms with Gasteiger partial charge in [0.2, 0.25) is 0 Å². The first-order chi connectivity index (χ1) is 8.36. The van der Waals surface area contributed by atoms with E-state index in [2.05, 4.69) is 35.0 Å². The van der Waals surface area contributed by atoms with Crippen molar-refractivity contribution < 1.29 is 4.74 Å². The van der Waals surface area contributed by atoms with Gasteiger partial charge < -0.3 is 15.0 Å². The molecule has 0 fully saturated rings. The summed E-state index contributed by atoms with van der Waals surface area (Å²) in [5, 5.41) is 1.31. The molecule has 92 valence electrons. The highest BCUT2D eigenvalue weighted by Gasteiger charge is 2.06. The van der Waals surface area contributed by atoms with E-state index >= 15 is 0 Å². The molecule has 1 aromatic carbocycles. The van der Waals surface area contributed by atoms with Crippen LogP contribution in [0.15, 0.2) is 30.5 Å². The standard InChI is InChI=1S/C14H20N2O/c1-2-17-10-9-16-11-12(7-8-15)13-5-3-4-6-14(13)16/h3-6,11H,2,7-10,15H2,1H3. The van der Waals surface area contributed by atoms with Crippen LogP contribution in [-0.4, -0.2) is 24.3 Å². The van der Waals surface area contributed by atoms with Crippen LogP contribution in [0, 0.1) is 0 Å². The second-order valence-electron chi connectivity index (χ2n) is 4.10. The molecule has 0 atom stereocenters. The van der Waals surface area contributed by atoms with E-state index in [0.29, 0.717) is 6.54 Å². The fourth-order valence-corrected chi connectivity index (χ4v) is 2.17. The Morgan fingerprint density at radius 2 is 2.12 bits per heavy atom. The third-order valence-corrected chi connectivity index (χ3v) is 2.97. The number of ether oxygens (including phenoxy) is 1. The number of nitrogens with zero attached hydrogens (tertiary/aromatic N) is 1. The summed E-state index contributed by atoms with van der Waals surface area (Å²) in [5.74, 6) is 0. The number of hydrogen-bond acceptors (Lipinski definition) is 2. The Bertz CT molecular complexity index is 476. The van der Waals surface area contributed by atoms with Crippen LogP contribution in [0.3, 0.4) is 0 Å². The van der Waals surface area contributed by atoms with E-state index in [4.69, 9.17) is 10.5 Å². The van der Waals surface area contributed by atoms with E-state index in [1.165, 1.54) is 16.5 Å². The molecular weight excluding hydrogens is 212 g/mol. The van der Waals surface area contributed by atoms with Gasteiger partial charge in [0.25, 0.3) is 0 Å². The highest BCUT2D eigenvalue weighted by molar-refractivity contribution is 5.84. The second-order valence-corrected chi connectivity index (χ2v) is 4.10. The van der Waals surface area contributed by atoms with Gasteiger partial charge in [0.05, 0.1) is 6.61 Å². The number of fused-ring (bicyclic) bond motifs is 1. The molecule has 0 aliphatic rings. The van der Waals surface area contributed by atoms with Gasteiger partial charge in [0.15, 0.2) is 0 Å². The molecule has 0 amide bonds. The minimum atomic E-state index is 0.694. The molecule has 1 aromatic heterocycles. The normalized spacial score (nSPS) is 11.2. The maximum Gasteiger partial charge on any atom is 0.0645 e. The maximum absolute atomic E-state index is 5.65. The largest absolute Gasteiger partial charge is 0.380 e. The van der Waals surface area contributed by atoms with Gasteiger partial charge in [0.1, 0.15) is 0 Å². The summed E-state index contributed by atoms with van der Waals surface area (Å²) in [4.78, 5) is 0. The molecule has 17 heavy (non-hydrogen) atoms. The predicted octanol–water partition coefficient (Wildman–Crippen LogP) is 2.18. The zero-order valence-corrected chi connectivity index (χ0v) is 10.4. The number of aromatic nitrogens is 1. The molecule has 0 saturated carbocycles. The lowest BCUT2D eigenvalue weighted by atomic mass is 10.1. The first-order valence-electron chi connectivity index (χ1n) is 6.21. The molecule has 0 spiro atoms. The Kier molecular flexibility index (Phi) is 4.18. The van der Waals surface area contributed by atoms with Crippen molar-refractivity contribution in [1.82, 2.24) is 4.57 Å². The zero-order chi connectivity index (χ0) is 12.1. The monoisotopic (exact) mass is 232 g/mol. The molecule has 0 unspecified atom stereocenters. The van der Waals surface area contributed by atoms with Gasteiger partial charge in [0, 0.05) is 30.3 Å². The fraction of sp³-hybridized carbons (Fsp3) is 0.429. The van der Waals surface area contributed by atoms with Gasteiger partial charge in [-0.2, -0.15) is 0 Å². The Hall–Kier alpha value is -1.32. The molecule has 2 N–H and O–H groups in total. The molecule has 3 nitrogen and oxygen atoms in total. The van der Waals surface area contributed by atoms with Crippen molar-refractivity contribution in [2.75, 3.05) is 19.8 Å². The van der Waals surface area contributed by atoms with Crippen LogP contribution in [-0.2, 0) is 17.7 Å². The SMILES string of the molecule is CCOCCn1cc(CCN)c2ccccc21. The smallest absolute Gasteiger partial charge is 0.0645 e. The average molecular weight is 232 g/mol. The highest BCUT2D eigenvalue weighted by atomic mass is 16.5. The Morgan fingerprint density at radius 1 is 1.29 bits per heavy atom. The molecule has 1 heterocycles. The minimum absolute atomic E-state index is 0.694. The predicted molar refractivity (Wildman–Crippen MR) is 71.2 cm³/mol. The lowest BCUT2D eigenvalue weighted by Crippen LogP contribution is -2.05. The van der Waals surface area contributed by atoms with Crippen molar-refractivity contribution in [3.8, 4) is 0 Å². The van der Waals surface area contributed by atoms with E-state index in [1.54, 1.807) is 0 Å². The Balaban J connectivity index is 2.28. The lowest BCUT2D eigenvalue weighted by molar-refractivity contribution is 0.140. The molecule has 0 radical (unpaired) electrons. The highest BCUT2D eigenvalue weighted by Crippen LogP contribution is 2.21. The van der Waals surface area contributed by atoms with Gasteiger partial charge in [-0.25, -0.2) is 0 Å². The summed E-state index contributed by atoms with van der Waals surface area (Å²) < 4.78 is 7.67. The van der Waals surface area contributed by atoms with Crippen molar-refractivity contribution in [2.45, 2.75) is 19.9 Å². The second kappa shape index (κ2) is 5.84. The molecule has 0 saturated heterocycles. The van der Waals surface area contributed by atoms with E-state index in [1.807, 2.05) is 6.92 Å². The first kappa shape index (κ1) is 12.1. The summed E-state index contributed by atoms with van der Waals surface area (Å²) >= 11 is 0. The summed E-state index contributed by atoms with van der Waals surface area (Å²) in [6, 6.07) is 8.47. The Morgan fingerprint density at radius 3 is 2.88 bits per heavy atom. The molecule has 0 aliphatic carbocycles. The van der Waals surface area contributed by atoms with Gasteiger partial charge in [-0.05, 0) is 31.5 Å². The van der Waals surface area contributed by atoms with Crippen LogP contribution < -0.4 is 5.73 Å². The number of benzene rings is 1. The van der Waals surface area contributed by atoms with Gasteiger partial charge in [-0.1, -0.05) is 18.2 Å². The van der Waals surface area contributed by atoms with E-state index < -0.39 is 0 Å². The van der Waals surface area contributed by atoms with Crippen LogP contribution in [0.2, 0.25) is 0 Å². The quantitative estimate of drug-likeness (QED) is 0.775. The van der Waals surface area contributed by atoms with Crippen LogP contribution in [0.4, 0.5) is 0 Å². The van der Waals surface area contributed by atoms with E-state index in [9.17, 15) is 0 Å². The molecule has 0 aliphatic heterocycles. The molecular formula is C14H20N2O. The number of para-hydroxylation sites is 1. The molecule has 2 aromatic rings. The van der Waals surface area contributed by atoms with Crippen molar-refractivity contribution in [2.24, 2.45) is 5.73 Å². The summed E-state index contributed by atoms with van der Waals surface area (Å²) in [5.41, 5.74) is 8.26. The maximum atomic E-state index is 5.65. The fourth-order valence-electron chi connectivity index (χ4n) is 2.17. The van der Waals surface area contributed by atoms with Gasteiger partial charge >= 0.3 is 0 Å². The average Bonchev–Trinajstić information content (AvgIpc) is 2.70. The molecule has 0 bridgehead atoms. The third-order valence-electron chi connectivity index (χ3n) is 2.97. The summed E-state index contributed by atoms with van der Waals surface area (Å²) in [7, 11) is 0. The summed E-state index contributed by atoms with van der Waals surface area (Å²) in [6.45, 7) is 5.15. The van der Waals surface area contributed by atoms with E-state index in [-0.39, 0.29) is 0 Å². The van der Waals surface area contributed by atoms with Gasteiger partial charge in [-0.15, -0.1) is 0 Å². The first-order valence-corrected chi connectivity index (χ1v) is 6.21. The summed E-state index contributed by atoms with van der Waals surface area (Å²) in [6.07, 6.45) is 3.14.